The molecule has 2 atom stereocenters. The van der Waals surface area contributed by atoms with Gasteiger partial charge in [0.2, 0.25) is 0 Å². The lowest BCUT2D eigenvalue weighted by Crippen LogP contribution is -2.34. The predicted molar refractivity (Wildman–Crippen MR) is 75.7 cm³/mol. The Hall–Kier alpha value is -1.26. The van der Waals surface area contributed by atoms with Gasteiger partial charge in [0.15, 0.2) is 0 Å². The second-order valence-corrected chi connectivity index (χ2v) is 5.83. The molecule has 4 nitrogen and oxygen atoms in total. The number of anilines is 1. The SMILES string of the molecule is CC1Cc2c(ccc3c2N(C)CCCC3(O)CN)O1. The van der Waals surface area contributed by atoms with Crippen LogP contribution in [-0.2, 0) is 12.0 Å². The first-order valence-corrected chi connectivity index (χ1v) is 7.02. The number of hydrogen-bond acceptors (Lipinski definition) is 4. The average Bonchev–Trinajstić information content (AvgIpc) is 2.71. The first-order chi connectivity index (χ1) is 9.05. The van der Waals surface area contributed by atoms with Crippen LogP contribution in [0.1, 0.15) is 30.9 Å². The van der Waals surface area contributed by atoms with E-state index < -0.39 is 5.60 Å². The maximum Gasteiger partial charge on any atom is 0.125 e. The second-order valence-electron chi connectivity index (χ2n) is 5.83. The molecule has 2 aliphatic rings. The van der Waals surface area contributed by atoms with E-state index in [0.717, 1.165) is 42.8 Å². The number of nitrogens with two attached hydrogens (primary N) is 1. The Kier molecular flexibility index (Phi) is 2.95. The quantitative estimate of drug-likeness (QED) is 0.803. The molecule has 0 saturated heterocycles. The van der Waals surface area contributed by atoms with Gasteiger partial charge in [-0.25, -0.2) is 0 Å². The van der Waals surface area contributed by atoms with Crippen molar-refractivity contribution in [3.8, 4) is 5.75 Å². The molecule has 0 fully saturated rings. The van der Waals surface area contributed by atoms with Gasteiger partial charge in [0.1, 0.15) is 17.5 Å². The van der Waals surface area contributed by atoms with E-state index in [4.69, 9.17) is 10.5 Å². The van der Waals surface area contributed by atoms with Gasteiger partial charge < -0.3 is 20.5 Å². The van der Waals surface area contributed by atoms with Crippen LogP contribution in [0.5, 0.6) is 5.75 Å². The van der Waals surface area contributed by atoms with E-state index in [9.17, 15) is 5.11 Å². The highest BCUT2D eigenvalue weighted by molar-refractivity contribution is 5.67. The standard InChI is InChI=1S/C15H22N2O2/c1-10-8-11-13(19-10)5-4-12-14(11)17(2)7-3-6-15(12,18)9-16/h4-5,10,18H,3,6-9,16H2,1-2H3. The van der Waals surface area contributed by atoms with E-state index in [2.05, 4.69) is 18.9 Å². The number of aliphatic hydroxyl groups is 1. The summed E-state index contributed by atoms with van der Waals surface area (Å²) in [6.45, 7) is 3.29. The fourth-order valence-corrected chi connectivity index (χ4v) is 3.35. The smallest absolute Gasteiger partial charge is 0.125 e. The molecule has 1 aromatic rings. The minimum Gasteiger partial charge on any atom is -0.490 e. The lowest BCUT2D eigenvalue weighted by atomic mass is 9.87. The molecule has 0 bridgehead atoms. The summed E-state index contributed by atoms with van der Waals surface area (Å²) in [6, 6.07) is 3.97. The minimum absolute atomic E-state index is 0.212. The molecule has 2 unspecified atom stereocenters. The predicted octanol–water partition coefficient (Wildman–Crippen LogP) is 1.39. The molecule has 1 aromatic carbocycles. The van der Waals surface area contributed by atoms with Gasteiger partial charge in [-0.15, -0.1) is 0 Å². The lowest BCUT2D eigenvalue weighted by molar-refractivity contribution is 0.0378. The molecule has 0 spiro atoms. The number of benzene rings is 1. The van der Waals surface area contributed by atoms with Crippen LogP contribution in [0.4, 0.5) is 5.69 Å². The normalized spacial score (nSPS) is 29.5. The summed E-state index contributed by atoms with van der Waals surface area (Å²) in [5, 5.41) is 10.8. The van der Waals surface area contributed by atoms with Crippen LogP contribution in [0.15, 0.2) is 12.1 Å². The van der Waals surface area contributed by atoms with Crippen molar-refractivity contribution in [1.29, 1.82) is 0 Å². The summed E-state index contributed by atoms with van der Waals surface area (Å²) in [7, 11) is 2.09. The highest BCUT2D eigenvalue weighted by Crippen LogP contribution is 2.44. The molecule has 0 aromatic heterocycles. The van der Waals surface area contributed by atoms with Gasteiger partial charge in [-0.2, -0.15) is 0 Å². The van der Waals surface area contributed by atoms with Gasteiger partial charge in [0, 0.05) is 43.4 Å². The van der Waals surface area contributed by atoms with Crippen molar-refractivity contribution in [3.05, 3.63) is 23.3 Å². The summed E-state index contributed by atoms with van der Waals surface area (Å²) in [5.41, 5.74) is 8.26. The van der Waals surface area contributed by atoms with Gasteiger partial charge in [0.25, 0.3) is 0 Å². The number of nitrogens with zero attached hydrogens (tertiary/aromatic N) is 1. The van der Waals surface area contributed by atoms with Gasteiger partial charge in [-0.1, -0.05) is 6.07 Å². The lowest BCUT2D eigenvalue weighted by Gasteiger charge is -2.29. The van der Waals surface area contributed by atoms with Crippen molar-refractivity contribution in [3.63, 3.8) is 0 Å². The van der Waals surface area contributed by atoms with E-state index >= 15 is 0 Å². The topological polar surface area (TPSA) is 58.7 Å². The van der Waals surface area contributed by atoms with Crippen molar-refractivity contribution >= 4 is 5.69 Å². The monoisotopic (exact) mass is 262 g/mol. The van der Waals surface area contributed by atoms with E-state index in [1.807, 2.05) is 12.1 Å². The molecule has 3 N–H and O–H groups in total. The summed E-state index contributed by atoms with van der Waals surface area (Å²) >= 11 is 0. The second kappa shape index (κ2) is 4.39. The Morgan fingerprint density at radius 1 is 1.53 bits per heavy atom. The molecular formula is C15H22N2O2. The van der Waals surface area contributed by atoms with Crippen LogP contribution in [0, 0.1) is 0 Å². The summed E-state index contributed by atoms with van der Waals surface area (Å²) in [6.07, 6.45) is 2.79. The maximum atomic E-state index is 10.8. The van der Waals surface area contributed by atoms with Crippen molar-refractivity contribution < 1.29 is 9.84 Å². The van der Waals surface area contributed by atoms with E-state index in [0.29, 0.717) is 0 Å². The largest absolute Gasteiger partial charge is 0.490 e. The number of ether oxygens (including phenoxy) is 1. The van der Waals surface area contributed by atoms with Crippen LogP contribution in [0.2, 0.25) is 0 Å². The summed E-state index contributed by atoms with van der Waals surface area (Å²) in [4.78, 5) is 2.24. The Morgan fingerprint density at radius 3 is 3.05 bits per heavy atom. The molecule has 4 heteroatoms. The molecule has 0 amide bonds. The number of hydrogen-bond donors (Lipinski definition) is 2. The van der Waals surface area contributed by atoms with Crippen LogP contribution in [0.25, 0.3) is 0 Å². The molecule has 0 radical (unpaired) electrons. The van der Waals surface area contributed by atoms with Crippen LogP contribution >= 0.6 is 0 Å². The third kappa shape index (κ3) is 1.90. The third-order valence-corrected chi connectivity index (χ3v) is 4.36. The molecule has 3 rings (SSSR count). The fourth-order valence-electron chi connectivity index (χ4n) is 3.35. The van der Waals surface area contributed by atoms with Crippen LogP contribution < -0.4 is 15.4 Å². The summed E-state index contributed by atoms with van der Waals surface area (Å²) < 4.78 is 5.82. The van der Waals surface area contributed by atoms with Crippen molar-refractivity contribution in [2.75, 3.05) is 25.0 Å². The number of fused-ring (bicyclic) bond motifs is 3. The highest BCUT2D eigenvalue weighted by atomic mass is 16.5. The van der Waals surface area contributed by atoms with Gasteiger partial charge in [-0.3, -0.25) is 0 Å². The first kappa shape index (κ1) is 12.8. The van der Waals surface area contributed by atoms with E-state index in [1.165, 1.54) is 5.56 Å². The average molecular weight is 262 g/mol. The van der Waals surface area contributed by atoms with Gasteiger partial charge >= 0.3 is 0 Å². The van der Waals surface area contributed by atoms with Crippen LogP contribution in [-0.4, -0.2) is 31.3 Å². The highest BCUT2D eigenvalue weighted by Gasteiger charge is 2.37. The van der Waals surface area contributed by atoms with Crippen molar-refractivity contribution in [2.24, 2.45) is 5.73 Å². The first-order valence-electron chi connectivity index (χ1n) is 7.02. The molecule has 2 aliphatic heterocycles. The third-order valence-electron chi connectivity index (χ3n) is 4.36. The van der Waals surface area contributed by atoms with E-state index in [-0.39, 0.29) is 12.6 Å². The van der Waals surface area contributed by atoms with E-state index in [1.54, 1.807) is 0 Å². The van der Waals surface area contributed by atoms with Gasteiger partial charge in [0.05, 0.1) is 0 Å². The fraction of sp³-hybridized carbons (Fsp3) is 0.600. The van der Waals surface area contributed by atoms with Crippen LogP contribution in [0.3, 0.4) is 0 Å². The molecule has 19 heavy (non-hydrogen) atoms. The Labute approximate surface area is 114 Å². The Morgan fingerprint density at radius 2 is 2.32 bits per heavy atom. The zero-order valence-corrected chi connectivity index (χ0v) is 11.6. The molecule has 0 aliphatic carbocycles. The zero-order valence-electron chi connectivity index (χ0n) is 11.6. The molecule has 2 heterocycles. The number of rotatable bonds is 1. The zero-order chi connectivity index (χ0) is 13.6. The molecule has 0 saturated carbocycles. The van der Waals surface area contributed by atoms with Crippen molar-refractivity contribution in [2.45, 2.75) is 37.9 Å². The molecule has 104 valence electrons. The minimum atomic E-state index is -0.902. The van der Waals surface area contributed by atoms with Gasteiger partial charge in [-0.05, 0) is 25.8 Å². The maximum absolute atomic E-state index is 10.8. The summed E-state index contributed by atoms with van der Waals surface area (Å²) in [5.74, 6) is 0.958. The van der Waals surface area contributed by atoms with Crippen molar-refractivity contribution in [1.82, 2.24) is 0 Å². The molecular weight excluding hydrogens is 240 g/mol. The Balaban J connectivity index is 2.19. The Bertz CT molecular complexity index is 503.